The zero-order valence-corrected chi connectivity index (χ0v) is 27.4. The molecular formula is C35H54O7. The molecule has 7 heteroatoms. The molecule has 5 rings (SSSR count). The van der Waals surface area contributed by atoms with Crippen molar-refractivity contribution in [3.8, 4) is 0 Å². The molecule has 0 aromatic carbocycles. The number of carbonyl (C=O) groups is 3. The summed E-state index contributed by atoms with van der Waals surface area (Å²) in [6.45, 7) is 16.9. The van der Waals surface area contributed by atoms with Crippen molar-refractivity contribution in [2.45, 2.75) is 125 Å². The molecule has 0 aromatic rings. The van der Waals surface area contributed by atoms with Gasteiger partial charge in [0.15, 0.2) is 0 Å². The predicted molar refractivity (Wildman–Crippen MR) is 159 cm³/mol. The van der Waals surface area contributed by atoms with Crippen molar-refractivity contribution >= 4 is 17.9 Å². The number of hydrogen-bond donors (Lipinski definition) is 1. The summed E-state index contributed by atoms with van der Waals surface area (Å²) >= 11 is 0. The van der Waals surface area contributed by atoms with E-state index in [4.69, 9.17) is 14.2 Å². The van der Waals surface area contributed by atoms with Gasteiger partial charge >= 0.3 is 17.9 Å². The van der Waals surface area contributed by atoms with E-state index < -0.39 is 16.9 Å². The van der Waals surface area contributed by atoms with Gasteiger partial charge < -0.3 is 19.3 Å². The van der Waals surface area contributed by atoms with Crippen molar-refractivity contribution in [2.75, 3.05) is 13.7 Å². The molecule has 0 saturated heterocycles. The molecule has 10 atom stereocenters. The fraction of sp³-hybridized carbons (Fsp3) is 0.857. The standard InChI is InChI=1S/C35H54O7/c1-21(36)41-20-32(6)24-12-15-34(8)25(31(24,5)14-13-26(32)42-22(2)37)11-10-23-27-28(38)30(3,4)16-18-35(27,29(39)40-9)19-17-33(23,34)7/h10,24-28,38H,11-20H2,1-9H3. The maximum Gasteiger partial charge on any atom is 0.312 e. The third-order valence-corrected chi connectivity index (χ3v) is 14.1. The lowest BCUT2D eigenvalue weighted by molar-refractivity contribution is -0.229. The van der Waals surface area contributed by atoms with E-state index in [1.54, 1.807) is 0 Å². The van der Waals surface area contributed by atoms with Crippen LogP contribution >= 0.6 is 0 Å². The molecule has 236 valence electrons. The summed E-state index contributed by atoms with van der Waals surface area (Å²) in [5.74, 6) is -0.430. The smallest absolute Gasteiger partial charge is 0.312 e. The third kappa shape index (κ3) is 4.18. The number of esters is 3. The molecule has 5 aliphatic carbocycles. The Hall–Kier alpha value is -1.89. The Labute approximate surface area is 252 Å². The summed E-state index contributed by atoms with van der Waals surface area (Å²) in [4.78, 5) is 37.6. The minimum Gasteiger partial charge on any atom is -0.469 e. The second-order valence-corrected chi connectivity index (χ2v) is 16.3. The number of methoxy groups -OCH3 is 1. The van der Waals surface area contributed by atoms with Gasteiger partial charge in [-0.15, -0.1) is 0 Å². The molecule has 4 fully saturated rings. The highest BCUT2D eigenvalue weighted by Gasteiger charge is 2.71. The lowest BCUT2D eigenvalue weighted by Crippen LogP contribution is -2.67. The number of aliphatic hydroxyl groups excluding tert-OH is 1. The summed E-state index contributed by atoms with van der Waals surface area (Å²) in [6.07, 6.45) is 9.17. The Kier molecular flexibility index (Phi) is 7.56. The van der Waals surface area contributed by atoms with Gasteiger partial charge in [-0.2, -0.15) is 0 Å². The van der Waals surface area contributed by atoms with Gasteiger partial charge in [-0.1, -0.05) is 53.2 Å². The van der Waals surface area contributed by atoms with Gasteiger partial charge in [-0.25, -0.2) is 0 Å². The summed E-state index contributed by atoms with van der Waals surface area (Å²) in [5, 5.41) is 12.0. The van der Waals surface area contributed by atoms with Crippen molar-refractivity contribution in [1.82, 2.24) is 0 Å². The molecule has 0 bridgehead atoms. The maximum atomic E-state index is 13.5. The molecule has 0 radical (unpaired) electrons. The first kappa shape index (κ1) is 31.5. The zero-order chi connectivity index (χ0) is 31.1. The molecule has 42 heavy (non-hydrogen) atoms. The van der Waals surface area contributed by atoms with Crippen molar-refractivity contribution < 1.29 is 33.7 Å². The van der Waals surface area contributed by atoms with E-state index in [0.717, 1.165) is 57.8 Å². The van der Waals surface area contributed by atoms with E-state index in [1.807, 2.05) is 0 Å². The summed E-state index contributed by atoms with van der Waals surface area (Å²) in [7, 11) is 1.49. The highest BCUT2D eigenvalue weighted by Crippen LogP contribution is 2.76. The highest BCUT2D eigenvalue weighted by molar-refractivity contribution is 5.79. The molecule has 10 unspecified atom stereocenters. The quantitative estimate of drug-likeness (QED) is 0.231. The van der Waals surface area contributed by atoms with Crippen LogP contribution in [0.5, 0.6) is 0 Å². The molecule has 5 aliphatic rings. The van der Waals surface area contributed by atoms with E-state index in [0.29, 0.717) is 5.92 Å². The van der Waals surface area contributed by atoms with E-state index in [2.05, 4.69) is 47.6 Å². The van der Waals surface area contributed by atoms with Crippen LogP contribution in [0.1, 0.15) is 113 Å². The maximum absolute atomic E-state index is 13.5. The lowest BCUT2D eigenvalue weighted by atomic mass is 9.33. The summed E-state index contributed by atoms with van der Waals surface area (Å²) in [6, 6.07) is 0. The van der Waals surface area contributed by atoms with E-state index in [-0.39, 0.29) is 64.1 Å². The van der Waals surface area contributed by atoms with Crippen LogP contribution < -0.4 is 0 Å². The molecule has 4 saturated carbocycles. The Morgan fingerprint density at radius 3 is 2.17 bits per heavy atom. The predicted octanol–water partition coefficient (Wildman–Crippen LogP) is 6.41. The third-order valence-electron chi connectivity index (χ3n) is 14.1. The molecule has 0 amide bonds. The van der Waals surface area contributed by atoms with E-state index in [9.17, 15) is 19.5 Å². The van der Waals surface area contributed by atoms with Gasteiger partial charge in [-0.05, 0) is 91.3 Å². The minimum atomic E-state index is -0.677. The average Bonchev–Trinajstić information content (AvgIpc) is 2.91. The minimum absolute atomic E-state index is 0.0392. The van der Waals surface area contributed by atoms with Crippen LogP contribution in [-0.4, -0.2) is 48.9 Å². The fourth-order valence-corrected chi connectivity index (χ4v) is 11.4. The highest BCUT2D eigenvalue weighted by atomic mass is 16.6. The Bertz CT molecular complexity index is 1170. The number of rotatable bonds is 4. The zero-order valence-electron chi connectivity index (χ0n) is 27.4. The number of aliphatic hydroxyl groups is 1. The number of fused-ring (bicyclic) bond motifs is 7. The average molecular weight is 587 g/mol. The topological polar surface area (TPSA) is 99.1 Å². The normalized spacial score (nSPS) is 47.4. The first-order valence-electron chi connectivity index (χ1n) is 16.2. The van der Waals surface area contributed by atoms with Crippen LogP contribution in [0.15, 0.2) is 11.6 Å². The molecule has 0 aromatic heterocycles. The van der Waals surface area contributed by atoms with Gasteiger partial charge in [0.05, 0.1) is 18.6 Å². The van der Waals surface area contributed by atoms with E-state index in [1.165, 1.54) is 26.5 Å². The van der Waals surface area contributed by atoms with Crippen LogP contribution in [0.3, 0.4) is 0 Å². The van der Waals surface area contributed by atoms with Gasteiger partial charge in [-0.3, -0.25) is 14.4 Å². The van der Waals surface area contributed by atoms with Crippen LogP contribution in [0.4, 0.5) is 0 Å². The first-order chi connectivity index (χ1) is 19.4. The van der Waals surface area contributed by atoms with Gasteiger partial charge in [0.1, 0.15) is 12.7 Å². The molecule has 0 heterocycles. The SMILES string of the molecule is COC(=O)C12CCC(C)(C)C(O)C1C1=CCC3C4(C)CCC(OC(C)=O)C(C)(COC(C)=O)C4CCC3(C)C1(C)CC2. The number of carbonyl (C=O) groups excluding carboxylic acids is 3. The van der Waals surface area contributed by atoms with Gasteiger partial charge in [0, 0.05) is 25.2 Å². The molecule has 1 N–H and O–H groups in total. The van der Waals surface area contributed by atoms with Crippen LogP contribution in [0.2, 0.25) is 0 Å². The molecule has 0 aliphatic heterocycles. The number of allylic oxidation sites excluding steroid dienone is 1. The first-order valence-corrected chi connectivity index (χ1v) is 16.2. The van der Waals surface area contributed by atoms with Crippen molar-refractivity contribution in [3.63, 3.8) is 0 Å². The Morgan fingerprint density at radius 1 is 0.881 bits per heavy atom. The van der Waals surface area contributed by atoms with Gasteiger partial charge in [0.25, 0.3) is 0 Å². The fourth-order valence-electron chi connectivity index (χ4n) is 11.4. The van der Waals surface area contributed by atoms with Crippen molar-refractivity contribution in [2.24, 2.45) is 50.2 Å². The van der Waals surface area contributed by atoms with Crippen molar-refractivity contribution in [1.29, 1.82) is 0 Å². The Morgan fingerprint density at radius 2 is 1.55 bits per heavy atom. The van der Waals surface area contributed by atoms with Gasteiger partial charge in [0.2, 0.25) is 0 Å². The number of hydrogen-bond acceptors (Lipinski definition) is 7. The van der Waals surface area contributed by atoms with Crippen molar-refractivity contribution in [3.05, 3.63) is 11.6 Å². The number of ether oxygens (including phenoxy) is 3. The molecule has 7 nitrogen and oxygen atoms in total. The van der Waals surface area contributed by atoms with E-state index >= 15 is 0 Å². The monoisotopic (exact) mass is 586 g/mol. The van der Waals surface area contributed by atoms with Crippen LogP contribution in [0.25, 0.3) is 0 Å². The molecular weight excluding hydrogens is 532 g/mol. The lowest BCUT2D eigenvalue weighted by Gasteiger charge is -2.71. The molecule has 0 spiro atoms. The largest absolute Gasteiger partial charge is 0.469 e. The summed E-state index contributed by atoms with van der Waals surface area (Å²) < 4.78 is 17.0. The second-order valence-electron chi connectivity index (χ2n) is 16.3. The van der Waals surface area contributed by atoms with Crippen LogP contribution in [-0.2, 0) is 28.6 Å². The second kappa shape index (κ2) is 10.1. The summed E-state index contributed by atoms with van der Waals surface area (Å²) in [5.41, 5.74) is -0.420. The Balaban J connectivity index is 1.58. The van der Waals surface area contributed by atoms with Crippen LogP contribution in [0, 0.1) is 50.2 Å².